The van der Waals surface area contributed by atoms with Crippen LogP contribution >= 0.6 is 0 Å². The van der Waals surface area contributed by atoms with E-state index in [0.29, 0.717) is 16.9 Å². The summed E-state index contributed by atoms with van der Waals surface area (Å²) in [5.41, 5.74) is 2.73. The molecule has 0 aliphatic carbocycles. The number of aromatic nitrogens is 3. The first-order valence-electron chi connectivity index (χ1n) is 8.54. The maximum absolute atomic E-state index is 12.3. The third-order valence-electron chi connectivity index (χ3n) is 4.24. The number of esters is 1. The minimum atomic E-state index is -4.73. The molecule has 2 aromatic carbocycles. The molecule has 0 fully saturated rings. The molecule has 0 N–H and O–H groups in total. The average molecular weight is 401 g/mol. The Labute approximate surface area is 162 Å². The fourth-order valence-corrected chi connectivity index (χ4v) is 3.01. The highest BCUT2D eigenvalue weighted by molar-refractivity contribution is 6.04. The van der Waals surface area contributed by atoms with Gasteiger partial charge in [-0.1, -0.05) is 6.07 Å². The van der Waals surface area contributed by atoms with Crippen LogP contribution in [0.2, 0.25) is 0 Å². The lowest BCUT2D eigenvalue weighted by atomic mass is 10.1. The fourth-order valence-electron chi connectivity index (χ4n) is 3.01. The van der Waals surface area contributed by atoms with E-state index in [1.807, 2.05) is 18.2 Å². The number of pyridine rings is 1. The van der Waals surface area contributed by atoms with E-state index < -0.39 is 6.36 Å². The van der Waals surface area contributed by atoms with E-state index in [-0.39, 0.29) is 18.3 Å². The van der Waals surface area contributed by atoms with E-state index in [1.165, 1.54) is 31.2 Å². The van der Waals surface area contributed by atoms with Gasteiger partial charge in [-0.05, 0) is 41.8 Å². The second-order valence-electron chi connectivity index (χ2n) is 6.27. The standard InChI is InChI=1S/C20H14F3N3O3/c1-12(27)28-10-14-8-13-2-7-18-19(17(13)9-24-14)25-11-26(18)15-3-5-16(6-4-15)29-20(21,22)23/h2-9,11H,10H2,1H3. The van der Waals surface area contributed by atoms with Crippen LogP contribution in [0.15, 0.2) is 55.0 Å². The summed E-state index contributed by atoms with van der Waals surface area (Å²) in [6.07, 6.45) is -1.48. The van der Waals surface area contributed by atoms with Crippen molar-refractivity contribution in [1.82, 2.24) is 14.5 Å². The van der Waals surface area contributed by atoms with Gasteiger partial charge in [0.25, 0.3) is 0 Å². The third kappa shape index (κ3) is 3.98. The number of rotatable bonds is 4. The van der Waals surface area contributed by atoms with E-state index >= 15 is 0 Å². The summed E-state index contributed by atoms with van der Waals surface area (Å²) in [5.74, 6) is -0.673. The van der Waals surface area contributed by atoms with Gasteiger partial charge in [0.05, 0.1) is 16.7 Å². The lowest BCUT2D eigenvalue weighted by Crippen LogP contribution is -2.17. The molecule has 0 bridgehead atoms. The van der Waals surface area contributed by atoms with Gasteiger partial charge in [0, 0.05) is 24.2 Å². The number of fused-ring (bicyclic) bond motifs is 3. The highest BCUT2D eigenvalue weighted by Gasteiger charge is 2.31. The van der Waals surface area contributed by atoms with Crippen molar-refractivity contribution in [2.24, 2.45) is 0 Å². The van der Waals surface area contributed by atoms with Gasteiger partial charge in [0.15, 0.2) is 0 Å². The van der Waals surface area contributed by atoms with E-state index in [9.17, 15) is 18.0 Å². The minimum Gasteiger partial charge on any atom is -0.459 e. The number of carbonyl (C=O) groups is 1. The van der Waals surface area contributed by atoms with E-state index in [2.05, 4.69) is 14.7 Å². The molecule has 29 heavy (non-hydrogen) atoms. The van der Waals surface area contributed by atoms with Crippen molar-refractivity contribution in [2.75, 3.05) is 0 Å². The zero-order valence-corrected chi connectivity index (χ0v) is 15.1. The minimum absolute atomic E-state index is 0.0874. The van der Waals surface area contributed by atoms with Gasteiger partial charge in [-0.25, -0.2) is 4.98 Å². The normalized spacial score (nSPS) is 11.7. The Morgan fingerprint density at radius 1 is 1.10 bits per heavy atom. The summed E-state index contributed by atoms with van der Waals surface area (Å²) in [5, 5.41) is 1.69. The van der Waals surface area contributed by atoms with Crippen molar-refractivity contribution in [3.05, 3.63) is 60.7 Å². The Morgan fingerprint density at radius 2 is 1.86 bits per heavy atom. The first-order chi connectivity index (χ1) is 13.8. The van der Waals surface area contributed by atoms with Crippen molar-refractivity contribution in [2.45, 2.75) is 19.9 Å². The second-order valence-corrected chi connectivity index (χ2v) is 6.27. The van der Waals surface area contributed by atoms with Gasteiger partial charge in [-0.3, -0.25) is 14.3 Å². The zero-order valence-electron chi connectivity index (χ0n) is 15.1. The van der Waals surface area contributed by atoms with Crippen LogP contribution in [0.25, 0.3) is 27.5 Å². The quantitative estimate of drug-likeness (QED) is 0.470. The largest absolute Gasteiger partial charge is 0.573 e. The number of nitrogens with zero attached hydrogens (tertiary/aromatic N) is 3. The highest BCUT2D eigenvalue weighted by Crippen LogP contribution is 2.28. The number of benzene rings is 2. The summed E-state index contributed by atoms with van der Waals surface area (Å²) in [4.78, 5) is 19.7. The van der Waals surface area contributed by atoms with Gasteiger partial charge >= 0.3 is 12.3 Å². The van der Waals surface area contributed by atoms with Gasteiger partial charge in [-0.15, -0.1) is 13.2 Å². The van der Waals surface area contributed by atoms with Crippen LogP contribution < -0.4 is 4.74 Å². The molecule has 4 aromatic rings. The average Bonchev–Trinajstić information content (AvgIpc) is 3.10. The van der Waals surface area contributed by atoms with E-state index in [1.54, 1.807) is 17.1 Å². The first-order valence-corrected chi connectivity index (χ1v) is 8.54. The van der Waals surface area contributed by atoms with Crippen LogP contribution in [0, 0.1) is 0 Å². The molecule has 0 atom stereocenters. The maximum atomic E-state index is 12.3. The SMILES string of the molecule is CC(=O)OCc1cc2ccc3c(ncn3-c3ccc(OC(F)(F)F)cc3)c2cn1. The summed E-state index contributed by atoms with van der Waals surface area (Å²) in [6, 6.07) is 11.1. The smallest absolute Gasteiger partial charge is 0.459 e. The van der Waals surface area contributed by atoms with Crippen molar-refractivity contribution >= 4 is 27.8 Å². The van der Waals surface area contributed by atoms with Gasteiger partial charge in [0.1, 0.15) is 18.7 Å². The molecule has 148 valence electrons. The van der Waals surface area contributed by atoms with Gasteiger partial charge < -0.3 is 9.47 Å². The summed E-state index contributed by atoms with van der Waals surface area (Å²) < 4.78 is 47.6. The molecule has 0 amide bonds. The predicted molar refractivity (Wildman–Crippen MR) is 98.5 cm³/mol. The Balaban J connectivity index is 1.68. The number of alkyl halides is 3. The van der Waals surface area contributed by atoms with Crippen molar-refractivity contribution in [1.29, 1.82) is 0 Å². The molecular weight excluding hydrogens is 387 g/mol. The fraction of sp³-hybridized carbons (Fsp3) is 0.150. The summed E-state index contributed by atoms with van der Waals surface area (Å²) in [7, 11) is 0. The molecule has 2 heterocycles. The number of ether oxygens (including phenoxy) is 2. The molecule has 0 saturated carbocycles. The first kappa shape index (κ1) is 18.7. The molecule has 0 saturated heterocycles. The predicted octanol–water partition coefficient (Wildman–Crippen LogP) is 4.54. The van der Waals surface area contributed by atoms with E-state index in [4.69, 9.17) is 4.74 Å². The van der Waals surface area contributed by atoms with Gasteiger partial charge in [-0.2, -0.15) is 0 Å². The molecule has 0 spiro atoms. The molecular formula is C20H14F3N3O3. The van der Waals surface area contributed by atoms with Crippen LogP contribution in [0.4, 0.5) is 13.2 Å². The maximum Gasteiger partial charge on any atom is 0.573 e. The molecule has 2 aromatic heterocycles. The molecule has 0 aliphatic heterocycles. The van der Waals surface area contributed by atoms with Crippen molar-refractivity contribution in [3.63, 3.8) is 0 Å². The molecule has 6 nitrogen and oxygen atoms in total. The topological polar surface area (TPSA) is 66.2 Å². The Hall–Kier alpha value is -3.62. The molecule has 0 radical (unpaired) electrons. The van der Waals surface area contributed by atoms with Crippen LogP contribution in [0.5, 0.6) is 5.75 Å². The summed E-state index contributed by atoms with van der Waals surface area (Å²) >= 11 is 0. The number of hydrogen-bond donors (Lipinski definition) is 0. The molecule has 9 heteroatoms. The number of imidazole rings is 1. The number of hydrogen-bond acceptors (Lipinski definition) is 5. The lowest BCUT2D eigenvalue weighted by molar-refractivity contribution is -0.274. The Morgan fingerprint density at radius 3 is 2.55 bits per heavy atom. The molecule has 0 aliphatic rings. The summed E-state index contributed by atoms with van der Waals surface area (Å²) in [6.45, 7) is 1.42. The number of halogens is 3. The number of carbonyl (C=O) groups excluding carboxylic acids is 1. The van der Waals surface area contributed by atoms with E-state index in [0.717, 1.165) is 16.3 Å². The lowest BCUT2D eigenvalue weighted by Gasteiger charge is -2.10. The molecule has 4 rings (SSSR count). The van der Waals surface area contributed by atoms with Crippen LogP contribution in [0.1, 0.15) is 12.6 Å². The van der Waals surface area contributed by atoms with Crippen LogP contribution in [-0.4, -0.2) is 26.9 Å². The highest BCUT2D eigenvalue weighted by atomic mass is 19.4. The van der Waals surface area contributed by atoms with Crippen molar-refractivity contribution in [3.8, 4) is 11.4 Å². The second kappa shape index (κ2) is 7.08. The third-order valence-corrected chi connectivity index (χ3v) is 4.24. The molecule has 0 unspecified atom stereocenters. The monoisotopic (exact) mass is 401 g/mol. The zero-order chi connectivity index (χ0) is 20.6. The Bertz CT molecular complexity index is 1200. The Kier molecular flexibility index (Phi) is 4.57. The van der Waals surface area contributed by atoms with Crippen molar-refractivity contribution < 1.29 is 27.4 Å². The van der Waals surface area contributed by atoms with Crippen LogP contribution in [0.3, 0.4) is 0 Å². The van der Waals surface area contributed by atoms with Crippen LogP contribution in [-0.2, 0) is 16.1 Å². The van der Waals surface area contributed by atoms with Gasteiger partial charge in [0.2, 0.25) is 0 Å².